The van der Waals surface area contributed by atoms with Crippen LogP contribution in [0.3, 0.4) is 0 Å². The molecule has 0 saturated heterocycles. The number of amides is 1. The summed E-state index contributed by atoms with van der Waals surface area (Å²) in [6, 6.07) is 12.2. The molecule has 2 aromatic heterocycles. The Kier molecular flexibility index (Phi) is 5.33. The number of rotatable bonds is 6. The zero-order valence-electron chi connectivity index (χ0n) is 13.5. The molecule has 0 spiro atoms. The van der Waals surface area contributed by atoms with E-state index in [-0.39, 0.29) is 11.9 Å². The lowest BCUT2D eigenvalue weighted by Crippen LogP contribution is -2.26. The van der Waals surface area contributed by atoms with Gasteiger partial charge < -0.3 is 5.32 Å². The third-order valence-corrected chi connectivity index (χ3v) is 4.51. The van der Waals surface area contributed by atoms with Crippen molar-refractivity contribution in [2.45, 2.75) is 25.8 Å². The number of aryl methyl sites for hydroxylation is 1. The van der Waals surface area contributed by atoms with Gasteiger partial charge in [-0.25, -0.2) is 4.98 Å². The first-order valence-electron chi connectivity index (χ1n) is 7.89. The zero-order chi connectivity index (χ0) is 16.8. The number of hydrogen-bond donors (Lipinski definition) is 1. The van der Waals surface area contributed by atoms with Crippen molar-refractivity contribution < 1.29 is 4.79 Å². The summed E-state index contributed by atoms with van der Waals surface area (Å²) in [5.41, 5.74) is 6.06. The molecule has 0 radical (unpaired) electrons. The summed E-state index contributed by atoms with van der Waals surface area (Å²) in [5, 5.41) is 5.02. The van der Waals surface area contributed by atoms with E-state index in [9.17, 15) is 4.79 Å². The number of nitrogens with one attached hydrogen (secondary N) is 1. The molecule has 1 unspecified atom stereocenters. The molecule has 1 amide bonds. The molecule has 0 fully saturated rings. The summed E-state index contributed by atoms with van der Waals surface area (Å²) in [4.78, 5) is 20.4. The molecule has 3 aromatic rings. The van der Waals surface area contributed by atoms with Crippen molar-refractivity contribution in [1.29, 1.82) is 0 Å². The van der Waals surface area contributed by atoms with Gasteiger partial charge in [-0.3, -0.25) is 9.78 Å². The van der Waals surface area contributed by atoms with Crippen LogP contribution >= 0.6 is 11.3 Å². The lowest BCUT2D eigenvalue weighted by molar-refractivity contribution is -0.121. The maximum atomic E-state index is 12.1. The van der Waals surface area contributed by atoms with Gasteiger partial charge in [0, 0.05) is 24.2 Å². The second kappa shape index (κ2) is 7.84. The van der Waals surface area contributed by atoms with Gasteiger partial charge in [0.15, 0.2) is 0 Å². The molecular formula is C19H19N3OS. The Morgan fingerprint density at radius 3 is 2.71 bits per heavy atom. The highest BCUT2D eigenvalue weighted by Gasteiger charge is 2.10. The highest BCUT2D eigenvalue weighted by molar-refractivity contribution is 7.07. The first kappa shape index (κ1) is 16.3. The molecule has 0 bridgehead atoms. The van der Waals surface area contributed by atoms with Gasteiger partial charge in [-0.15, -0.1) is 11.3 Å². The summed E-state index contributed by atoms with van der Waals surface area (Å²) in [7, 11) is 0. The Bertz CT molecular complexity index is 770. The van der Waals surface area contributed by atoms with E-state index in [1.807, 2.05) is 42.8 Å². The van der Waals surface area contributed by atoms with Gasteiger partial charge in [0.2, 0.25) is 5.91 Å². The average Bonchev–Trinajstić information content (AvgIpc) is 3.14. The van der Waals surface area contributed by atoms with E-state index in [1.165, 1.54) is 0 Å². The molecule has 2 heterocycles. The minimum Gasteiger partial charge on any atom is -0.350 e. The molecule has 0 aliphatic rings. The third-order valence-electron chi connectivity index (χ3n) is 3.87. The van der Waals surface area contributed by atoms with E-state index >= 15 is 0 Å². The molecule has 122 valence electrons. The molecular weight excluding hydrogens is 318 g/mol. The molecule has 1 aromatic carbocycles. The fourth-order valence-electron chi connectivity index (χ4n) is 2.50. The van der Waals surface area contributed by atoms with E-state index in [0.29, 0.717) is 12.8 Å². The van der Waals surface area contributed by atoms with Crippen LogP contribution in [0.15, 0.2) is 59.7 Å². The number of carbonyl (C=O) groups is 1. The minimum absolute atomic E-state index is 0.0177. The average molecular weight is 337 g/mol. The van der Waals surface area contributed by atoms with Crippen LogP contribution in [0.5, 0.6) is 0 Å². The van der Waals surface area contributed by atoms with Crippen LogP contribution in [0.4, 0.5) is 0 Å². The topological polar surface area (TPSA) is 54.9 Å². The van der Waals surface area contributed by atoms with Crippen LogP contribution in [0.2, 0.25) is 0 Å². The van der Waals surface area contributed by atoms with Gasteiger partial charge >= 0.3 is 0 Å². The molecule has 0 aliphatic heterocycles. The van der Waals surface area contributed by atoms with Gasteiger partial charge in [0.25, 0.3) is 0 Å². The van der Waals surface area contributed by atoms with Crippen LogP contribution in [0.1, 0.15) is 30.6 Å². The molecule has 1 N–H and O–H groups in total. The smallest absolute Gasteiger partial charge is 0.220 e. The number of aromatic nitrogens is 2. The van der Waals surface area contributed by atoms with Crippen molar-refractivity contribution in [1.82, 2.24) is 15.3 Å². The summed E-state index contributed by atoms with van der Waals surface area (Å²) < 4.78 is 0. The van der Waals surface area contributed by atoms with Crippen molar-refractivity contribution in [3.05, 3.63) is 70.9 Å². The van der Waals surface area contributed by atoms with Crippen LogP contribution < -0.4 is 5.32 Å². The molecule has 1 atom stereocenters. The second-order valence-corrected chi connectivity index (χ2v) is 6.35. The standard InChI is InChI=1S/C19H19N3OS/c1-14(22-19(23)9-8-18-12-24-13-21-18)15-4-6-16(7-5-15)17-3-2-10-20-11-17/h2-7,10-14H,8-9H2,1H3,(H,22,23). The highest BCUT2D eigenvalue weighted by Crippen LogP contribution is 2.21. The van der Waals surface area contributed by atoms with Crippen LogP contribution in [-0.2, 0) is 11.2 Å². The van der Waals surface area contributed by atoms with E-state index in [4.69, 9.17) is 0 Å². The van der Waals surface area contributed by atoms with Crippen LogP contribution in [0, 0.1) is 0 Å². The van der Waals surface area contributed by atoms with Gasteiger partial charge in [0.05, 0.1) is 17.2 Å². The predicted molar refractivity (Wildman–Crippen MR) is 96.7 cm³/mol. The molecule has 0 aliphatic carbocycles. The second-order valence-electron chi connectivity index (χ2n) is 5.63. The number of thiazole rings is 1. The Morgan fingerprint density at radius 2 is 2.04 bits per heavy atom. The molecule has 5 heteroatoms. The number of hydrogen-bond acceptors (Lipinski definition) is 4. The maximum Gasteiger partial charge on any atom is 0.220 e. The van der Waals surface area contributed by atoms with Crippen molar-refractivity contribution in [3.8, 4) is 11.1 Å². The van der Waals surface area contributed by atoms with E-state index in [0.717, 1.165) is 22.4 Å². The first-order chi connectivity index (χ1) is 11.7. The fourth-order valence-corrected chi connectivity index (χ4v) is 3.09. The van der Waals surface area contributed by atoms with Crippen molar-refractivity contribution in [3.63, 3.8) is 0 Å². The van der Waals surface area contributed by atoms with E-state index in [1.54, 1.807) is 23.0 Å². The van der Waals surface area contributed by atoms with Crippen molar-refractivity contribution in [2.24, 2.45) is 0 Å². The van der Waals surface area contributed by atoms with Gasteiger partial charge in [-0.2, -0.15) is 0 Å². The minimum atomic E-state index is -0.0177. The molecule has 24 heavy (non-hydrogen) atoms. The lowest BCUT2D eigenvalue weighted by atomic mass is 10.0. The van der Waals surface area contributed by atoms with Gasteiger partial charge in [-0.05, 0) is 36.1 Å². The van der Waals surface area contributed by atoms with Gasteiger partial charge in [0.1, 0.15) is 0 Å². The predicted octanol–water partition coefficient (Wildman–Crippen LogP) is 4.02. The fraction of sp³-hybridized carbons (Fsp3) is 0.211. The number of benzene rings is 1. The summed E-state index contributed by atoms with van der Waals surface area (Å²) in [6.45, 7) is 2.00. The monoisotopic (exact) mass is 337 g/mol. The Hall–Kier alpha value is -2.53. The SMILES string of the molecule is CC(NC(=O)CCc1cscn1)c1ccc(-c2cccnc2)cc1. The number of carbonyl (C=O) groups excluding carboxylic acids is 1. The Labute approximate surface area is 145 Å². The van der Waals surface area contributed by atoms with E-state index < -0.39 is 0 Å². The Balaban J connectivity index is 1.56. The number of nitrogens with zero attached hydrogens (tertiary/aromatic N) is 2. The normalized spacial score (nSPS) is 11.9. The van der Waals surface area contributed by atoms with Gasteiger partial charge in [-0.1, -0.05) is 30.3 Å². The van der Waals surface area contributed by atoms with Crippen molar-refractivity contribution in [2.75, 3.05) is 0 Å². The largest absolute Gasteiger partial charge is 0.350 e. The number of pyridine rings is 1. The quantitative estimate of drug-likeness (QED) is 0.739. The Morgan fingerprint density at radius 1 is 1.21 bits per heavy atom. The summed E-state index contributed by atoms with van der Waals surface area (Å²) in [5.74, 6) is 0.0480. The van der Waals surface area contributed by atoms with E-state index in [2.05, 4.69) is 27.4 Å². The van der Waals surface area contributed by atoms with Crippen LogP contribution in [0.25, 0.3) is 11.1 Å². The zero-order valence-corrected chi connectivity index (χ0v) is 14.3. The summed E-state index contributed by atoms with van der Waals surface area (Å²) in [6.07, 6.45) is 4.75. The molecule has 3 rings (SSSR count). The first-order valence-corrected chi connectivity index (χ1v) is 8.83. The highest BCUT2D eigenvalue weighted by atomic mass is 32.1. The molecule has 0 saturated carbocycles. The molecule has 4 nitrogen and oxygen atoms in total. The summed E-state index contributed by atoms with van der Waals surface area (Å²) >= 11 is 1.55. The lowest BCUT2D eigenvalue weighted by Gasteiger charge is -2.15. The van der Waals surface area contributed by atoms with Crippen LogP contribution in [-0.4, -0.2) is 15.9 Å². The third kappa shape index (κ3) is 4.26. The van der Waals surface area contributed by atoms with Crippen molar-refractivity contribution >= 4 is 17.2 Å². The maximum absolute atomic E-state index is 12.1.